The minimum absolute atomic E-state index is 0.0265. The SMILES string of the molecule is CC1(c2nn[nH]n2)CN(C(=O)[C@]23CC[C@H](C2)[C@H](O)[C@@H]3O)CCO1. The average molecular weight is 323 g/mol. The van der Waals surface area contributed by atoms with Crippen LogP contribution in [0.4, 0.5) is 0 Å². The molecule has 1 amide bonds. The molecule has 2 heterocycles. The Morgan fingerprint density at radius 1 is 1.48 bits per heavy atom. The van der Waals surface area contributed by atoms with Crippen molar-refractivity contribution >= 4 is 5.91 Å². The molecule has 5 atom stereocenters. The van der Waals surface area contributed by atoms with Crippen LogP contribution in [0.15, 0.2) is 0 Å². The number of carbonyl (C=O) groups is 1. The van der Waals surface area contributed by atoms with Gasteiger partial charge in [0.1, 0.15) is 5.60 Å². The van der Waals surface area contributed by atoms with Crippen LogP contribution in [0.5, 0.6) is 0 Å². The number of aromatic amines is 1. The highest BCUT2D eigenvalue weighted by atomic mass is 16.5. The zero-order chi connectivity index (χ0) is 16.2. The van der Waals surface area contributed by atoms with E-state index in [-0.39, 0.29) is 11.8 Å². The zero-order valence-corrected chi connectivity index (χ0v) is 13.0. The van der Waals surface area contributed by atoms with Crippen molar-refractivity contribution in [2.75, 3.05) is 19.7 Å². The topological polar surface area (TPSA) is 124 Å². The number of carbonyl (C=O) groups excluding carboxylic acids is 1. The highest BCUT2D eigenvalue weighted by molar-refractivity contribution is 5.84. The second-order valence-corrected chi connectivity index (χ2v) is 7.14. The van der Waals surface area contributed by atoms with E-state index in [2.05, 4.69) is 20.6 Å². The first-order chi connectivity index (χ1) is 11.0. The molecule has 1 aliphatic heterocycles. The highest BCUT2D eigenvalue weighted by Crippen LogP contribution is 2.55. The molecule has 3 fully saturated rings. The van der Waals surface area contributed by atoms with Gasteiger partial charge >= 0.3 is 0 Å². The highest BCUT2D eigenvalue weighted by Gasteiger charge is 2.62. The summed E-state index contributed by atoms with van der Waals surface area (Å²) in [5, 5.41) is 34.4. The smallest absolute Gasteiger partial charge is 0.231 e. The van der Waals surface area contributed by atoms with Crippen LogP contribution >= 0.6 is 0 Å². The van der Waals surface area contributed by atoms with E-state index in [9.17, 15) is 15.0 Å². The van der Waals surface area contributed by atoms with Crippen LogP contribution in [0.25, 0.3) is 0 Å². The van der Waals surface area contributed by atoms with Gasteiger partial charge < -0.3 is 19.8 Å². The minimum atomic E-state index is -0.979. The number of morpholine rings is 1. The van der Waals surface area contributed by atoms with E-state index in [1.54, 1.807) is 4.90 Å². The molecule has 2 aliphatic carbocycles. The first kappa shape index (κ1) is 15.0. The molecule has 2 bridgehead atoms. The molecule has 2 saturated carbocycles. The number of ether oxygens (including phenoxy) is 1. The van der Waals surface area contributed by atoms with Crippen LogP contribution in [-0.2, 0) is 15.1 Å². The van der Waals surface area contributed by atoms with Crippen LogP contribution in [0.2, 0.25) is 0 Å². The van der Waals surface area contributed by atoms with Crippen LogP contribution in [-0.4, -0.2) is 73.5 Å². The van der Waals surface area contributed by atoms with Gasteiger partial charge in [0.15, 0.2) is 0 Å². The summed E-state index contributed by atoms with van der Waals surface area (Å²) in [5.74, 6) is 0.337. The number of nitrogens with one attached hydrogen (secondary N) is 1. The van der Waals surface area contributed by atoms with E-state index in [1.165, 1.54) is 0 Å². The number of aliphatic hydroxyl groups is 2. The number of hydrogen-bond donors (Lipinski definition) is 3. The molecule has 0 aromatic carbocycles. The van der Waals surface area contributed by atoms with E-state index in [1.807, 2.05) is 6.92 Å². The summed E-state index contributed by atoms with van der Waals surface area (Å²) < 4.78 is 5.79. The Labute approximate surface area is 133 Å². The van der Waals surface area contributed by atoms with Crippen molar-refractivity contribution in [3.8, 4) is 0 Å². The molecular weight excluding hydrogens is 302 g/mol. The molecule has 9 nitrogen and oxygen atoms in total. The summed E-state index contributed by atoms with van der Waals surface area (Å²) in [6, 6.07) is 0. The van der Waals surface area contributed by atoms with Crippen LogP contribution < -0.4 is 0 Å². The molecule has 126 valence electrons. The molecule has 1 saturated heterocycles. The lowest BCUT2D eigenvalue weighted by Gasteiger charge is -2.43. The number of amides is 1. The number of H-pyrrole nitrogens is 1. The molecule has 0 radical (unpaired) electrons. The fraction of sp³-hybridized carbons (Fsp3) is 0.857. The third-order valence-electron chi connectivity index (χ3n) is 5.77. The molecule has 0 spiro atoms. The molecule has 3 N–H and O–H groups in total. The Hall–Kier alpha value is -1.58. The van der Waals surface area contributed by atoms with Crippen molar-refractivity contribution < 1.29 is 19.7 Å². The number of hydrogen-bond acceptors (Lipinski definition) is 7. The summed E-state index contributed by atoms with van der Waals surface area (Å²) >= 11 is 0. The Balaban J connectivity index is 1.57. The summed E-state index contributed by atoms with van der Waals surface area (Å²) in [6.45, 7) is 2.96. The second kappa shape index (κ2) is 4.96. The fourth-order valence-corrected chi connectivity index (χ4v) is 4.46. The molecule has 3 aliphatic rings. The molecule has 1 aromatic heterocycles. The summed E-state index contributed by atoms with van der Waals surface area (Å²) in [5.41, 5.74) is -1.67. The Morgan fingerprint density at radius 2 is 2.30 bits per heavy atom. The number of tetrazole rings is 1. The van der Waals surface area contributed by atoms with Crippen molar-refractivity contribution in [1.29, 1.82) is 0 Å². The quantitative estimate of drug-likeness (QED) is 0.624. The predicted molar refractivity (Wildman–Crippen MR) is 75.8 cm³/mol. The van der Waals surface area contributed by atoms with Crippen molar-refractivity contribution in [2.24, 2.45) is 11.3 Å². The van der Waals surface area contributed by atoms with Gasteiger partial charge in [-0.3, -0.25) is 4.79 Å². The molecular formula is C14H21N5O4. The number of nitrogens with zero attached hydrogens (tertiary/aromatic N) is 4. The predicted octanol–water partition coefficient (Wildman–Crippen LogP) is -1.20. The van der Waals surface area contributed by atoms with Crippen LogP contribution in [0.3, 0.4) is 0 Å². The maximum Gasteiger partial charge on any atom is 0.231 e. The van der Waals surface area contributed by atoms with Gasteiger partial charge in [-0.1, -0.05) is 5.21 Å². The van der Waals surface area contributed by atoms with E-state index in [0.29, 0.717) is 38.4 Å². The van der Waals surface area contributed by atoms with Gasteiger partial charge in [0.25, 0.3) is 0 Å². The number of aromatic nitrogens is 4. The van der Waals surface area contributed by atoms with E-state index < -0.39 is 23.2 Å². The van der Waals surface area contributed by atoms with Crippen molar-refractivity contribution in [2.45, 2.75) is 44.0 Å². The summed E-state index contributed by atoms with van der Waals surface area (Å²) in [6.07, 6.45) is 0.205. The Morgan fingerprint density at radius 3 is 2.96 bits per heavy atom. The lowest BCUT2D eigenvalue weighted by atomic mass is 9.79. The van der Waals surface area contributed by atoms with Gasteiger partial charge in [-0.25, -0.2) is 0 Å². The number of aliphatic hydroxyl groups excluding tert-OH is 2. The van der Waals surface area contributed by atoms with Gasteiger partial charge in [-0.2, -0.15) is 5.21 Å². The lowest BCUT2D eigenvalue weighted by molar-refractivity contribution is -0.168. The normalized spacial score (nSPS) is 43.1. The van der Waals surface area contributed by atoms with Crippen LogP contribution in [0.1, 0.15) is 32.0 Å². The van der Waals surface area contributed by atoms with Gasteiger partial charge in [0.05, 0.1) is 30.8 Å². The zero-order valence-electron chi connectivity index (χ0n) is 13.0. The maximum absolute atomic E-state index is 13.1. The lowest BCUT2D eigenvalue weighted by Crippen LogP contribution is -2.57. The molecule has 1 unspecified atom stereocenters. The molecule has 23 heavy (non-hydrogen) atoms. The third-order valence-corrected chi connectivity index (χ3v) is 5.77. The summed E-state index contributed by atoms with van der Waals surface area (Å²) in [7, 11) is 0. The first-order valence-corrected chi connectivity index (χ1v) is 8.00. The monoisotopic (exact) mass is 323 g/mol. The largest absolute Gasteiger partial charge is 0.390 e. The molecule has 9 heteroatoms. The Bertz CT molecular complexity index is 610. The van der Waals surface area contributed by atoms with Crippen molar-refractivity contribution in [3.05, 3.63) is 5.82 Å². The maximum atomic E-state index is 13.1. The van der Waals surface area contributed by atoms with Gasteiger partial charge in [0, 0.05) is 6.54 Å². The van der Waals surface area contributed by atoms with Gasteiger partial charge in [-0.15, -0.1) is 10.2 Å². The van der Waals surface area contributed by atoms with E-state index in [4.69, 9.17) is 4.74 Å². The minimum Gasteiger partial charge on any atom is -0.390 e. The second-order valence-electron chi connectivity index (χ2n) is 7.14. The summed E-state index contributed by atoms with van der Waals surface area (Å²) in [4.78, 5) is 14.8. The first-order valence-electron chi connectivity index (χ1n) is 8.00. The number of fused-ring (bicyclic) bond motifs is 2. The van der Waals surface area contributed by atoms with Gasteiger partial charge in [0.2, 0.25) is 11.7 Å². The third kappa shape index (κ3) is 2.03. The standard InChI is InChI=1S/C14H21N5O4/c1-13(11-15-17-18-16-11)7-19(4-5-23-13)12(22)14-3-2-8(6-14)9(20)10(14)21/h8-10,20-21H,2-7H2,1H3,(H,15,16,17,18)/t8-,9+,10+,13?,14-/m1/s1. The van der Waals surface area contributed by atoms with Crippen molar-refractivity contribution in [1.82, 2.24) is 25.5 Å². The Kier molecular flexibility index (Phi) is 3.23. The van der Waals surface area contributed by atoms with Crippen molar-refractivity contribution in [3.63, 3.8) is 0 Å². The van der Waals surface area contributed by atoms with Gasteiger partial charge in [-0.05, 0) is 32.1 Å². The molecule has 4 rings (SSSR count). The average Bonchev–Trinajstić information content (AvgIpc) is 3.26. The number of rotatable bonds is 2. The van der Waals surface area contributed by atoms with E-state index in [0.717, 1.165) is 6.42 Å². The van der Waals surface area contributed by atoms with E-state index >= 15 is 0 Å². The molecule has 1 aromatic rings. The van der Waals surface area contributed by atoms with Crippen LogP contribution in [0, 0.1) is 11.3 Å². The fourth-order valence-electron chi connectivity index (χ4n) is 4.46.